The van der Waals surface area contributed by atoms with E-state index in [2.05, 4.69) is 15.3 Å². The molecule has 0 atom stereocenters. The Labute approximate surface area is 196 Å². The summed E-state index contributed by atoms with van der Waals surface area (Å²) in [6.45, 7) is 2.12. The number of halogens is 2. The second-order valence-electron chi connectivity index (χ2n) is 7.40. The van der Waals surface area contributed by atoms with Gasteiger partial charge in [0.15, 0.2) is 11.5 Å². The third-order valence-electron chi connectivity index (χ3n) is 4.99. The average Bonchev–Trinajstić information content (AvgIpc) is 2.80. The zero-order chi connectivity index (χ0) is 23.8. The van der Waals surface area contributed by atoms with Gasteiger partial charge in [-0.25, -0.2) is 19.4 Å². The highest BCUT2D eigenvalue weighted by molar-refractivity contribution is 6.31. The number of carbonyl (C=O) groups is 1. The molecule has 3 rings (SSSR count). The molecule has 0 aliphatic heterocycles. The lowest BCUT2D eigenvalue weighted by molar-refractivity contribution is -0.162. The van der Waals surface area contributed by atoms with Crippen LogP contribution in [0.15, 0.2) is 36.7 Å². The molecule has 8 nitrogen and oxygen atoms in total. The second kappa shape index (κ2) is 11.6. The molecule has 1 amide bonds. The van der Waals surface area contributed by atoms with Crippen LogP contribution in [0.3, 0.4) is 0 Å². The summed E-state index contributed by atoms with van der Waals surface area (Å²) in [7, 11) is 1.56. The van der Waals surface area contributed by atoms with Crippen molar-refractivity contribution in [3.8, 4) is 11.5 Å². The SMILES string of the molecule is COc1cc2ncnc(Nc3ccc(F)c(Cl)c3)c2cc1OCCCCCCN(O)C(C)=O. The molecule has 3 aromatic rings. The van der Waals surface area contributed by atoms with Gasteiger partial charge in [0.1, 0.15) is 18.0 Å². The Bertz CT molecular complexity index is 1120. The molecule has 2 aromatic carbocycles. The zero-order valence-electron chi connectivity index (χ0n) is 18.5. The van der Waals surface area contributed by atoms with Crippen molar-refractivity contribution in [2.75, 3.05) is 25.6 Å². The van der Waals surface area contributed by atoms with Gasteiger partial charge in [-0.3, -0.25) is 10.0 Å². The van der Waals surface area contributed by atoms with Gasteiger partial charge < -0.3 is 14.8 Å². The van der Waals surface area contributed by atoms with Crippen LogP contribution in [0.25, 0.3) is 10.9 Å². The van der Waals surface area contributed by atoms with Gasteiger partial charge in [-0.2, -0.15) is 0 Å². The van der Waals surface area contributed by atoms with Crippen molar-refractivity contribution in [2.24, 2.45) is 0 Å². The van der Waals surface area contributed by atoms with Crippen molar-refractivity contribution in [2.45, 2.75) is 32.6 Å². The molecular formula is C23H26ClFN4O4. The van der Waals surface area contributed by atoms with Crippen molar-refractivity contribution < 1.29 is 23.9 Å². The molecule has 0 bridgehead atoms. The maximum atomic E-state index is 13.5. The minimum atomic E-state index is -0.497. The molecule has 0 unspecified atom stereocenters. The lowest BCUT2D eigenvalue weighted by Gasteiger charge is -2.14. The molecule has 0 radical (unpaired) electrons. The van der Waals surface area contributed by atoms with E-state index >= 15 is 0 Å². The maximum absolute atomic E-state index is 13.5. The molecule has 0 fully saturated rings. The van der Waals surface area contributed by atoms with Gasteiger partial charge in [0, 0.05) is 30.6 Å². The van der Waals surface area contributed by atoms with E-state index in [1.165, 1.54) is 25.4 Å². The maximum Gasteiger partial charge on any atom is 0.242 e. The number of carbonyl (C=O) groups excluding carboxylic acids is 1. The first kappa shape index (κ1) is 24.5. The van der Waals surface area contributed by atoms with Crippen LogP contribution in [0, 0.1) is 5.82 Å². The zero-order valence-corrected chi connectivity index (χ0v) is 19.2. The van der Waals surface area contributed by atoms with Crippen LogP contribution in [-0.2, 0) is 4.79 Å². The minimum Gasteiger partial charge on any atom is -0.493 e. The van der Waals surface area contributed by atoms with Crippen LogP contribution in [0.5, 0.6) is 11.5 Å². The second-order valence-corrected chi connectivity index (χ2v) is 7.81. The Kier molecular flexibility index (Phi) is 8.62. The van der Waals surface area contributed by atoms with E-state index in [9.17, 15) is 14.4 Å². The normalized spacial score (nSPS) is 10.8. The van der Waals surface area contributed by atoms with Crippen molar-refractivity contribution in [3.63, 3.8) is 0 Å². The van der Waals surface area contributed by atoms with E-state index in [0.29, 0.717) is 47.1 Å². The van der Waals surface area contributed by atoms with Gasteiger partial charge in [-0.05, 0) is 43.5 Å². The lowest BCUT2D eigenvalue weighted by Crippen LogP contribution is -2.25. The van der Waals surface area contributed by atoms with Crippen LogP contribution in [0.4, 0.5) is 15.9 Å². The third-order valence-corrected chi connectivity index (χ3v) is 5.28. The molecule has 0 saturated carbocycles. The number of hydrogen-bond donors (Lipinski definition) is 2. The molecule has 1 aromatic heterocycles. The Morgan fingerprint density at radius 3 is 2.67 bits per heavy atom. The number of amides is 1. The summed E-state index contributed by atoms with van der Waals surface area (Å²) >= 11 is 5.88. The van der Waals surface area contributed by atoms with E-state index < -0.39 is 5.82 Å². The highest BCUT2D eigenvalue weighted by atomic mass is 35.5. The number of unbranched alkanes of at least 4 members (excludes halogenated alkanes) is 3. The number of nitrogens with one attached hydrogen (secondary N) is 1. The van der Waals surface area contributed by atoms with Crippen molar-refractivity contribution in [1.82, 2.24) is 15.0 Å². The van der Waals surface area contributed by atoms with Crippen LogP contribution >= 0.6 is 11.6 Å². The van der Waals surface area contributed by atoms with Crippen LogP contribution in [-0.4, -0.2) is 46.4 Å². The number of hydrogen-bond acceptors (Lipinski definition) is 7. The fourth-order valence-corrected chi connectivity index (χ4v) is 3.38. The van der Waals surface area contributed by atoms with Crippen molar-refractivity contribution >= 4 is 39.9 Å². The first-order valence-electron chi connectivity index (χ1n) is 10.5. The number of aromatic nitrogens is 2. The quantitative estimate of drug-likeness (QED) is 0.219. The molecular weight excluding hydrogens is 451 g/mol. The van der Waals surface area contributed by atoms with E-state index in [1.54, 1.807) is 25.3 Å². The molecule has 176 valence electrons. The molecule has 0 aliphatic rings. The molecule has 2 N–H and O–H groups in total. The van der Waals surface area contributed by atoms with Gasteiger partial charge in [-0.15, -0.1) is 0 Å². The standard InChI is InChI=1S/C23H26ClFN4O4/c1-15(30)29(31)9-5-3-4-6-10-33-22-12-17-20(13-21(22)32-2)26-14-27-23(17)28-16-7-8-19(25)18(24)11-16/h7-8,11-14,31H,3-6,9-10H2,1-2H3,(H,26,27,28). The van der Waals surface area contributed by atoms with Gasteiger partial charge >= 0.3 is 0 Å². The number of benzene rings is 2. The van der Waals surface area contributed by atoms with Crippen LogP contribution < -0.4 is 14.8 Å². The van der Waals surface area contributed by atoms with Crippen molar-refractivity contribution in [1.29, 1.82) is 0 Å². The lowest BCUT2D eigenvalue weighted by atomic mass is 10.2. The summed E-state index contributed by atoms with van der Waals surface area (Å²) in [5.41, 5.74) is 1.25. The largest absolute Gasteiger partial charge is 0.493 e. The number of hydroxylamine groups is 2. The first-order chi connectivity index (χ1) is 15.9. The number of methoxy groups -OCH3 is 1. The van der Waals surface area contributed by atoms with E-state index in [4.69, 9.17) is 21.1 Å². The van der Waals surface area contributed by atoms with Crippen LogP contribution in [0.1, 0.15) is 32.6 Å². The average molecular weight is 477 g/mol. The van der Waals surface area contributed by atoms with Gasteiger partial charge in [0.2, 0.25) is 5.91 Å². The smallest absolute Gasteiger partial charge is 0.242 e. The van der Waals surface area contributed by atoms with Crippen LogP contribution in [0.2, 0.25) is 5.02 Å². The predicted octanol–water partition coefficient (Wildman–Crippen LogP) is 5.35. The molecule has 33 heavy (non-hydrogen) atoms. The van der Waals surface area contributed by atoms with E-state index in [0.717, 1.165) is 30.7 Å². The number of fused-ring (bicyclic) bond motifs is 1. The Morgan fingerprint density at radius 1 is 1.15 bits per heavy atom. The predicted molar refractivity (Wildman–Crippen MR) is 124 cm³/mol. The number of ether oxygens (including phenoxy) is 2. The monoisotopic (exact) mass is 476 g/mol. The van der Waals surface area contributed by atoms with Gasteiger partial charge in [0.05, 0.1) is 24.3 Å². The third kappa shape index (κ3) is 6.66. The van der Waals surface area contributed by atoms with E-state index in [-0.39, 0.29) is 10.9 Å². The fourth-order valence-electron chi connectivity index (χ4n) is 3.20. The summed E-state index contributed by atoms with van der Waals surface area (Å²) in [4.78, 5) is 19.6. The molecule has 0 spiro atoms. The molecule has 10 heteroatoms. The first-order valence-corrected chi connectivity index (χ1v) is 10.9. The molecule has 0 saturated heterocycles. The summed E-state index contributed by atoms with van der Waals surface area (Å²) in [6, 6.07) is 7.91. The highest BCUT2D eigenvalue weighted by Gasteiger charge is 2.13. The minimum absolute atomic E-state index is 0.0112. The van der Waals surface area contributed by atoms with Gasteiger partial charge in [-0.1, -0.05) is 18.0 Å². The summed E-state index contributed by atoms with van der Waals surface area (Å²) in [6.07, 6.45) is 4.70. The van der Waals surface area contributed by atoms with Gasteiger partial charge in [0.25, 0.3) is 0 Å². The summed E-state index contributed by atoms with van der Waals surface area (Å²) in [5.74, 6) is 0.770. The Morgan fingerprint density at radius 2 is 1.94 bits per heavy atom. The summed E-state index contributed by atoms with van der Waals surface area (Å²) in [5, 5.41) is 14.0. The van der Waals surface area contributed by atoms with E-state index in [1.807, 2.05) is 0 Å². The Balaban J connectivity index is 1.66. The molecule has 0 aliphatic carbocycles. The summed E-state index contributed by atoms with van der Waals surface area (Å²) < 4.78 is 24.9. The van der Waals surface area contributed by atoms with Crippen molar-refractivity contribution in [3.05, 3.63) is 47.5 Å². The highest BCUT2D eigenvalue weighted by Crippen LogP contribution is 2.35. The topological polar surface area (TPSA) is 96.8 Å². The molecule has 1 heterocycles. The number of anilines is 2. The number of nitrogens with zero attached hydrogens (tertiary/aromatic N) is 3. The Hall–Kier alpha value is -3.17. The fraction of sp³-hybridized carbons (Fsp3) is 0.348. The number of rotatable bonds is 11.